The molecule has 0 spiro atoms. The van der Waals surface area contributed by atoms with Gasteiger partial charge in [0.25, 0.3) is 0 Å². The minimum absolute atomic E-state index is 0.111. The quantitative estimate of drug-likeness (QED) is 0.664. The first-order valence-electron chi connectivity index (χ1n) is 8.27. The summed E-state index contributed by atoms with van der Waals surface area (Å²) in [7, 11) is -2.30. The number of hydrogen-bond donors (Lipinski definition) is 2. The summed E-state index contributed by atoms with van der Waals surface area (Å²) in [5.74, 6) is -0.956. The molecule has 0 bridgehead atoms. The topological polar surface area (TPSA) is 92.7 Å². The first-order chi connectivity index (χ1) is 12.4. The number of ether oxygens (including phenoxy) is 1. The molecular formula is C19H23NO5S. The molecular weight excluding hydrogens is 354 g/mol. The summed E-state index contributed by atoms with van der Waals surface area (Å²) < 4.78 is 33.5. The lowest BCUT2D eigenvalue weighted by Gasteiger charge is -2.19. The van der Waals surface area contributed by atoms with Gasteiger partial charge in [0, 0.05) is 19.6 Å². The molecule has 0 radical (unpaired) electrons. The third kappa shape index (κ3) is 5.94. The van der Waals surface area contributed by atoms with Crippen LogP contribution in [-0.2, 0) is 32.6 Å². The number of methoxy groups -OCH3 is 1. The number of carbonyl (C=O) groups is 1. The van der Waals surface area contributed by atoms with Crippen LogP contribution in [0.1, 0.15) is 24.0 Å². The van der Waals surface area contributed by atoms with Crippen molar-refractivity contribution in [3.8, 4) is 0 Å². The van der Waals surface area contributed by atoms with E-state index in [-0.39, 0.29) is 24.3 Å². The highest BCUT2D eigenvalue weighted by Gasteiger charge is 2.23. The van der Waals surface area contributed by atoms with E-state index in [2.05, 4.69) is 4.72 Å². The predicted molar refractivity (Wildman–Crippen MR) is 98.3 cm³/mol. The van der Waals surface area contributed by atoms with Crippen molar-refractivity contribution in [2.45, 2.75) is 36.8 Å². The fourth-order valence-corrected chi connectivity index (χ4v) is 4.22. The van der Waals surface area contributed by atoms with Gasteiger partial charge in [-0.3, -0.25) is 4.79 Å². The molecule has 6 nitrogen and oxygen atoms in total. The van der Waals surface area contributed by atoms with Gasteiger partial charge in [0.15, 0.2) is 0 Å². The molecule has 0 saturated heterocycles. The van der Waals surface area contributed by atoms with Crippen LogP contribution in [0.4, 0.5) is 0 Å². The second-order valence-electron chi connectivity index (χ2n) is 5.98. The summed E-state index contributed by atoms with van der Waals surface area (Å²) in [5, 5.41) is 8.96. The van der Waals surface area contributed by atoms with Crippen molar-refractivity contribution < 1.29 is 23.1 Å². The monoisotopic (exact) mass is 377 g/mol. The lowest BCUT2D eigenvalue weighted by atomic mass is 10.0. The van der Waals surface area contributed by atoms with E-state index in [1.165, 1.54) is 13.2 Å². The zero-order valence-electron chi connectivity index (χ0n) is 14.6. The lowest BCUT2D eigenvalue weighted by Crippen LogP contribution is -2.37. The van der Waals surface area contributed by atoms with Crippen molar-refractivity contribution in [1.82, 2.24) is 4.72 Å². The molecule has 0 aliphatic rings. The third-order valence-electron chi connectivity index (χ3n) is 3.92. The van der Waals surface area contributed by atoms with Crippen LogP contribution >= 0.6 is 0 Å². The summed E-state index contributed by atoms with van der Waals surface area (Å²) in [6.07, 6.45) is 0.509. The average Bonchev–Trinajstić information content (AvgIpc) is 2.61. The van der Waals surface area contributed by atoms with Crippen molar-refractivity contribution in [3.63, 3.8) is 0 Å². The van der Waals surface area contributed by atoms with Gasteiger partial charge in [-0.25, -0.2) is 13.1 Å². The highest BCUT2D eigenvalue weighted by molar-refractivity contribution is 7.89. The van der Waals surface area contributed by atoms with Crippen LogP contribution in [0.3, 0.4) is 0 Å². The Morgan fingerprint density at radius 2 is 1.77 bits per heavy atom. The van der Waals surface area contributed by atoms with Crippen molar-refractivity contribution >= 4 is 16.0 Å². The van der Waals surface area contributed by atoms with E-state index in [0.29, 0.717) is 12.0 Å². The zero-order valence-corrected chi connectivity index (χ0v) is 15.4. The Morgan fingerprint density at radius 1 is 1.12 bits per heavy atom. The van der Waals surface area contributed by atoms with E-state index in [1.54, 1.807) is 18.2 Å². The van der Waals surface area contributed by atoms with Gasteiger partial charge in [-0.2, -0.15) is 0 Å². The zero-order chi connectivity index (χ0) is 19.0. The molecule has 7 heteroatoms. The number of rotatable bonds is 10. The Kier molecular flexibility index (Phi) is 7.32. The van der Waals surface area contributed by atoms with Gasteiger partial charge in [0.05, 0.1) is 11.5 Å². The van der Waals surface area contributed by atoms with Crippen molar-refractivity contribution in [2.75, 3.05) is 7.11 Å². The summed E-state index contributed by atoms with van der Waals surface area (Å²) in [6, 6.07) is 15.5. The van der Waals surface area contributed by atoms with Crippen LogP contribution in [0.5, 0.6) is 0 Å². The van der Waals surface area contributed by atoms with Crippen LogP contribution < -0.4 is 4.72 Å². The highest BCUT2D eigenvalue weighted by atomic mass is 32.2. The number of carboxylic acid groups (broad SMARTS) is 1. The molecule has 0 aliphatic heterocycles. The number of benzene rings is 2. The molecule has 0 amide bonds. The van der Waals surface area contributed by atoms with E-state index in [0.717, 1.165) is 5.56 Å². The second kappa shape index (κ2) is 9.47. The molecule has 2 aromatic carbocycles. The Balaban J connectivity index is 2.23. The number of aliphatic carboxylic acids is 1. The maximum Gasteiger partial charge on any atom is 0.303 e. The summed E-state index contributed by atoms with van der Waals surface area (Å²) in [5.41, 5.74) is 1.50. The minimum atomic E-state index is -3.80. The molecule has 1 atom stereocenters. The van der Waals surface area contributed by atoms with Gasteiger partial charge >= 0.3 is 5.97 Å². The van der Waals surface area contributed by atoms with E-state index in [1.807, 2.05) is 30.3 Å². The van der Waals surface area contributed by atoms with Gasteiger partial charge in [-0.1, -0.05) is 48.5 Å². The molecule has 0 saturated carbocycles. The fraction of sp³-hybridized carbons (Fsp3) is 0.316. The van der Waals surface area contributed by atoms with E-state index < -0.39 is 22.0 Å². The SMILES string of the molecule is COCc1ccccc1S(=O)(=O)NC(CCC(=O)O)Cc1ccccc1. The maximum atomic E-state index is 12.9. The molecule has 2 aromatic rings. The fourth-order valence-electron chi connectivity index (χ4n) is 2.72. The molecule has 0 aliphatic carbocycles. The van der Waals surface area contributed by atoms with Crippen LogP contribution in [0.15, 0.2) is 59.5 Å². The van der Waals surface area contributed by atoms with Gasteiger partial charge in [-0.05, 0) is 30.0 Å². The normalized spacial score (nSPS) is 12.7. The Bertz CT molecular complexity index is 821. The molecule has 140 valence electrons. The van der Waals surface area contributed by atoms with E-state index in [9.17, 15) is 13.2 Å². The van der Waals surface area contributed by atoms with E-state index in [4.69, 9.17) is 9.84 Å². The Morgan fingerprint density at radius 3 is 2.42 bits per heavy atom. The molecule has 0 aromatic heterocycles. The third-order valence-corrected chi connectivity index (χ3v) is 5.54. The number of nitrogens with one attached hydrogen (secondary N) is 1. The van der Waals surface area contributed by atoms with Crippen LogP contribution in [0.25, 0.3) is 0 Å². The molecule has 2 N–H and O–H groups in total. The predicted octanol–water partition coefficient (Wildman–Crippen LogP) is 2.59. The second-order valence-corrected chi connectivity index (χ2v) is 7.66. The van der Waals surface area contributed by atoms with Gasteiger partial charge in [0.1, 0.15) is 0 Å². The highest BCUT2D eigenvalue weighted by Crippen LogP contribution is 2.18. The van der Waals surface area contributed by atoms with Crippen molar-refractivity contribution in [3.05, 3.63) is 65.7 Å². The Hall–Kier alpha value is -2.22. The molecule has 26 heavy (non-hydrogen) atoms. The largest absolute Gasteiger partial charge is 0.481 e. The summed E-state index contributed by atoms with van der Waals surface area (Å²) in [6.45, 7) is 0.176. The molecule has 0 fully saturated rings. The summed E-state index contributed by atoms with van der Waals surface area (Å²) in [4.78, 5) is 11.1. The maximum absolute atomic E-state index is 12.9. The van der Waals surface area contributed by atoms with Gasteiger partial charge in [0.2, 0.25) is 10.0 Å². The smallest absolute Gasteiger partial charge is 0.303 e. The van der Waals surface area contributed by atoms with Crippen LogP contribution in [0, 0.1) is 0 Å². The van der Waals surface area contributed by atoms with Gasteiger partial charge < -0.3 is 9.84 Å². The number of sulfonamides is 1. The van der Waals surface area contributed by atoms with Crippen molar-refractivity contribution in [1.29, 1.82) is 0 Å². The van der Waals surface area contributed by atoms with E-state index >= 15 is 0 Å². The Labute approximate surface area is 153 Å². The van der Waals surface area contributed by atoms with Crippen LogP contribution in [-0.4, -0.2) is 32.6 Å². The van der Waals surface area contributed by atoms with Crippen LogP contribution in [0.2, 0.25) is 0 Å². The number of carboxylic acids is 1. The van der Waals surface area contributed by atoms with Gasteiger partial charge in [-0.15, -0.1) is 0 Å². The minimum Gasteiger partial charge on any atom is -0.481 e. The standard InChI is InChI=1S/C19H23NO5S/c1-25-14-16-9-5-6-10-18(16)26(23,24)20-17(11-12-19(21)22)13-15-7-3-2-4-8-15/h2-10,17,20H,11-14H2,1H3,(H,21,22). The first kappa shape index (κ1) is 20.1. The average molecular weight is 377 g/mol. The molecule has 2 rings (SSSR count). The lowest BCUT2D eigenvalue weighted by molar-refractivity contribution is -0.137. The molecule has 0 heterocycles. The first-order valence-corrected chi connectivity index (χ1v) is 9.75. The number of hydrogen-bond acceptors (Lipinski definition) is 4. The van der Waals surface area contributed by atoms with Crippen molar-refractivity contribution in [2.24, 2.45) is 0 Å². The molecule has 1 unspecified atom stereocenters. The summed E-state index contributed by atoms with van der Waals surface area (Å²) >= 11 is 0.